The summed E-state index contributed by atoms with van der Waals surface area (Å²) in [4.78, 5) is 17.8. The number of unbranched alkanes of at least 4 members (excludes halogenated alkanes) is 1. The van der Waals surface area contributed by atoms with Gasteiger partial charge in [-0.25, -0.2) is 4.98 Å². The molecule has 4 aromatic rings. The van der Waals surface area contributed by atoms with E-state index in [1.807, 2.05) is 71.3 Å². The van der Waals surface area contributed by atoms with E-state index < -0.39 is 10.8 Å². The van der Waals surface area contributed by atoms with Crippen LogP contribution in [0.3, 0.4) is 0 Å². The maximum atomic E-state index is 12.9. The summed E-state index contributed by atoms with van der Waals surface area (Å²) in [6.45, 7) is 6.97. The van der Waals surface area contributed by atoms with Crippen molar-refractivity contribution in [1.29, 1.82) is 0 Å². The molecule has 0 aliphatic carbocycles. The van der Waals surface area contributed by atoms with Crippen LogP contribution < -0.4 is 9.47 Å². The molecule has 0 bridgehead atoms. The number of carbonyl (C=O) groups excluding carboxylic acids is 1. The number of hydrogen-bond acceptors (Lipinski definition) is 6. The Bertz CT molecular complexity index is 1530. The number of rotatable bonds is 18. The Labute approximate surface area is 263 Å². The fraction of sp³-hybridized carbons (Fsp3) is 0.333. The fourth-order valence-electron chi connectivity index (χ4n) is 4.68. The Kier molecular flexibility index (Phi) is 13.0. The first-order chi connectivity index (χ1) is 21.5. The second kappa shape index (κ2) is 17.3. The van der Waals surface area contributed by atoms with Crippen LogP contribution in [0.4, 0.5) is 0 Å². The van der Waals surface area contributed by atoms with Crippen LogP contribution in [-0.2, 0) is 39.0 Å². The average Bonchev–Trinajstić information content (AvgIpc) is 3.48. The van der Waals surface area contributed by atoms with Gasteiger partial charge in [0.2, 0.25) is 0 Å². The van der Waals surface area contributed by atoms with Crippen LogP contribution in [0.1, 0.15) is 49.9 Å². The van der Waals surface area contributed by atoms with Crippen molar-refractivity contribution < 1.29 is 23.2 Å². The molecule has 1 atom stereocenters. The van der Waals surface area contributed by atoms with E-state index in [-0.39, 0.29) is 12.2 Å². The lowest BCUT2D eigenvalue weighted by atomic mass is 10.0. The molecule has 0 aliphatic rings. The molecule has 232 valence electrons. The lowest BCUT2D eigenvalue weighted by Gasteiger charge is -2.10. The van der Waals surface area contributed by atoms with Crippen molar-refractivity contribution in [3.63, 3.8) is 0 Å². The minimum Gasteiger partial charge on any atom is -0.496 e. The number of benzene rings is 3. The number of hydrogen-bond donors (Lipinski definition) is 0. The van der Waals surface area contributed by atoms with Crippen LogP contribution in [-0.4, -0.2) is 46.5 Å². The van der Waals surface area contributed by atoms with Crippen LogP contribution in [0, 0.1) is 0 Å². The van der Waals surface area contributed by atoms with E-state index in [4.69, 9.17) is 14.2 Å². The van der Waals surface area contributed by atoms with Gasteiger partial charge in [-0.1, -0.05) is 50.6 Å². The molecular formula is C36H42N2O5S. The van der Waals surface area contributed by atoms with E-state index in [0.29, 0.717) is 24.7 Å². The van der Waals surface area contributed by atoms with E-state index in [1.165, 1.54) is 0 Å². The maximum absolute atomic E-state index is 12.9. The second-order valence-electron chi connectivity index (χ2n) is 10.5. The van der Waals surface area contributed by atoms with Crippen LogP contribution >= 0.6 is 0 Å². The summed E-state index contributed by atoms with van der Waals surface area (Å²) >= 11 is 0. The Morgan fingerprint density at radius 1 is 0.932 bits per heavy atom. The van der Waals surface area contributed by atoms with Gasteiger partial charge in [-0.05, 0) is 78.1 Å². The van der Waals surface area contributed by atoms with Crippen molar-refractivity contribution >= 4 is 22.7 Å². The van der Waals surface area contributed by atoms with Crippen LogP contribution in [0.5, 0.6) is 11.5 Å². The van der Waals surface area contributed by atoms with Crippen molar-refractivity contribution in [3.8, 4) is 22.6 Å². The summed E-state index contributed by atoms with van der Waals surface area (Å²) < 4.78 is 31.9. The number of aryl methyl sites for hydroxylation is 1. The first-order valence-corrected chi connectivity index (χ1v) is 16.5. The highest BCUT2D eigenvalue weighted by Crippen LogP contribution is 2.29. The van der Waals surface area contributed by atoms with Crippen molar-refractivity contribution in [2.75, 3.05) is 26.9 Å². The highest BCUT2D eigenvalue weighted by molar-refractivity contribution is 7.84. The van der Waals surface area contributed by atoms with Crippen molar-refractivity contribution in [3.05, 3.63) is 102 Å². The average molecular weight is 615 g/mol. The van der Waals surface area contributed by atoms with Crippen LogP contribution in [0.15, 0.2) is 90.2 Å². The molecule has 0 unspecified atom stereocenters. The van der Waals surface area contributed by atoms with Crippen molar-refractivity contribution in [2.45, 2.75) is 56.7 Å². The molecular weight excluding hydrogens is 572 g/mol. The third-order valence-corrected chi connectivity index (χ3v) is 8.47. The monoisotopic (exact) mass is 614 g/mol. The molecule has 4 rings (SSSR count). The fourth-order valence-corrected chi connectivity index (χ4v) is 5.80. The van der Waals surface area contributed by atoms with E-state index in [9.17, 15) is 9.00 Å². The summed E-state index contributed by atoms with van der Waals surface area (Å²) in [5.74, 6) is 1.86. The second-order valence-corrected chi connectivity index (χ2v) is 11.9. The number of imidazole rings is 1. The third-order valence-electron chi connectivity index (χ3n) is 7.11. The number of nitrogens with zero attached hydrogens (tertiary/aromatic N) is 2. The highest BCUT2D eigenvalue weighted by Gasteiger charge is 2.11. The minimum atomic E-state index is -1.19. The normalized spacial score (nSPS) is 12.0. The molecule has 1 aromatic heterocycles. The van der Waals surface area contributed by atoms with Gasteiger partial charge < -0.3 is 18.8 Å². The predicted molar refractivity (Wildman–Crippen MR) is 176 cm³/mol. The summed E-state index contributed by atoms with van der Waals surface area (Å²) in [6, 6.07) is 21.3. The molecule has 0 spiro atoms. The van der Waals surface area contributed by atoms with Gasteiger partial charge in [-0.2, -0.15) is 0 Å². The summed E-state index contributed by atoms with van der Waals surface area (Å²) in [5.41, 5.74) is 4.68. The highest BCUT2D eigenvalue weighted by atomic mass is 32.2. The zero-order chi connectivity index (χ0) is 31.1. The molecule has 44 heavy (non-hydrogen) atoms. The zero-order valence-corrected chi connectivity index (χ0v) is 26.7. The van der Waals surface area contributed by atoms with Crippen LogP contribution in [0.25, 0.3) is 17.2 Å². The standard InChI is InChI=1S/C36H42N2O5S/c1-4-6-20-42-21-22-43-34-14-10-29(11-15-34)30-12-18-36(41-3)31(24-30)9-13-33(39)23-28-7-16-35(17-8-28)44(40)26-32-25-37-27-38(32)19-5-2/h7-18,24-25,27H,4-6,19-23,26H2,1-3H3/b13-9+/t44-/m0/s1. The molecule has 1 heterocycles. The van der Waals surface area contributed by atoms with Gasteiger partial charge in [0.1, 0.15) is 18.1 Å². The number of allylic oxidation sites excluding steroid dienone is 1. The maximum Gasteiger partial charge on any atom is 0.160 e. The largest absolute Gasteiger partial charge is 0.496 e. The Morgan fingerprint density at radius 3 is 2.43 bits per heavy atom. The van der Waals surface area contributed by atoms with Gasteiger partial charge in [0.25, 0.3) is 0 Å². The van der Waals surface area contributed by atoms with Gasteiger partial charge in [0, 0.05) is 36.2 Å². The van der Waals surface area contributed by atoms with Crippen LogP contribution in [0.2, 0.25) is 0 Å². The molecule has 8 heteroatoms. The smallest absolute Gasteiger partial charge is 0.160 e. The quantitative estimate of drug-likeness (QED) is 0.0865. The third kappa shape index (κ3) is 9.76. The minimum absolute atomic E-state index is 0.0324. The van der Waals surface area contributed by atoms with E-state index in [1.54, 1.807) is 31.8 Å². The summed E-state index contributed by atoms with van der Waals surface area (Å²) in [7, 11) is 0.432. The molecule has 0 amide bonds. The van der Waals surface area contributed by atoms with E-state index in [0.717, 1.165) is 71.0 Å². The number of aromatic nitrogens is 2. The molecule has 0 aliphatic heterocycles. The van der Waals surface area contributed by atoms with E-state index in [2.05, 4.69) is 18.8 Å². The number of methoxy groups -OCH3 is 1. The SMILES string of the molecule is CCCCOCCOc1ccc(-c2ccc(OC)c(/C=C/C(=O)Cc3ccc([S@@](=O)Cc4cncn4CCC)cc3)c2)cc1. The molecule has 0 fully saturated rings. The van der Waals surface area contributed by atoms with Gasteiger partial charge in [0.05, 0.1) is 42.3 Å². The summed E-state index contributed by atoms with van der Waals surface area (Å²) in [6.07, 6.45) is 10.4. The summed E-state index contributed by atoms with van der Waals surface area (Å²) in [5, 5.41) is 0. The van der Waals surface area contributed by atoms with Gasteiger partial charge >= 0.3 is 0 Å². The van der Waals surface area contributed by atoms with Gasteiger partial charge in [-0.15, -0.1) is 0 Å². The number of ketones is 1. The number of carbonyl (C=O) groups is 1. The predicted octanol–water partition coefficient (Wildman–Crippen LogP) is 7.30. The Morgan fingerprint density at radius 2 is 1.70 bits per heavy atom. The zero-order valence-electron chi connectivity index (χ0n) is 25.9. The lowest BCUT2D eigenvalue weighted by Crippen LogP contribution is -2.07. The Hall–Kier alpha value is -4.01. The van der Waals surface area contributed by atoms with Gasteiger partial charge in [-0.3, -0.25) is 9.00 Å². The molecule has 0 saturated carbocycles. The molecule has 0 radical (unpaired) electrons. The lowest BCUT2D eigenvalue weighted by molar-refractivity contribution is -0.113. The number of ether oxygens (including phenoxy) is 3. The van der Waals surface area contributed by atoms with E-state index >= 15 is 0 Å². The van der Waals surface area contributed by atoms with Gasteiger partial charge in [0.15, 0.2) is 5.78 Å². The topological polar surface area (TPSA) is 79.7 Å². The van der Waals surface area contributed by atoms with Crippen molar-refractivity contribution in [1.82, 2.24) is 9.55 Å². The molecule has 0 saturated heterocycles. The molecule has 3 aromatic carbocycles. The van der Waals surface area contributed by atoms with Crippen molar-refractivity contribution in [2.24, 2.45) is 0 Å². The first-order valence-electron chi connectivity index (χ1n) is 15.2. The first kappa shape index (κ1) is 32.9. The molecule has 7 nitrogen and oxygen atoms in total. The molecule has 0 N–H and O–H groups in total. The Balaban J connectivity index is 1.33.